The maximum atomic E-state index is 12.9. The molecule has 0 aromatic heterocycles. The maximum absolute atomic E-state index is 12.9. The van der Waals surface area contributed by atoms with Crippen LogP contribution in [0, 0.1) is 5.82 Å². The molecule has 2 nitrogen and oxygen atoms in total. The van der Waals surface area contributed by atoms with E-state index in [1.807, 2.05) is 30.3 Å². The zero-order valence-electron chi connectivity index (χ0n) is 10.1. The lowest BCUT2D eigenvalue weighted by molar-refractivity contribution is -0.120. The Bertz CT molecular complexity index is 570. The standard InChI is InChI=1S/C15H12BrFO2/c16-14-9-12(17)6-7-15(14)19-10-13(18)8-11-4-2-1-3-5-11/h1-7,9H,8,10H2. The zero-order chi connectivity index (χ0) is 13.7. The van der Waals surface area contributed by atoms with Crippen LogP contribution >= 0.6 is 15.9 Å². The third-order valence-electron chi connectivity index (χ3n) is 2.53. The van der Waals surface area contributed by atoms with E-state index in [4.69, 9.17) is 4.74 Å². The summed E-state index contributed by atoms with van der Waals surface area (Å²) < 4.78 is 18.7. The van der Waals surface area contributed by atoms with Gasteiger partial charge >= 0.3 is 0 Å². The Labute approximate surface area is 119 Å². The van der Waals surface area contributed by atoms with Gasteiger partial charge in [0, 0.05) is 6.42 Å². The second-order valence-corrected chi connectivity index (χ2v) is 4.92. The fraction of sp³-hybridized carbons (Fsp3) is 0.133. The molecule has 0 unspecified atom stereocenters. The van der Waals surface area contributed by atoms with Gasteiger partial charge < -0.3 is 4.74 Å². The number of carbonyl (C=O) groups excluding carboxylic acids is 1. The van der Waals surface area contributed by atoms with Gasteiger partial charge in [0.25, 0.3) is 0 Å². The van der Waals surface area contributed by atoms with Crippen LogP contribution in [0.2, 0.25) is 0 Å². The van der Waals surface area contributed by atoms with Crippen molar-refractivity contribution in [1.29, 1.82) is 0 Å². The van der Waals surface area contributed by atoms with E-state index in [0.717, 1.165) is 5.56 Å². The first-order valence-corrected chi connectivity index (χ1v) is 6.58. The smallest absolute Gasteiger partial charge is 0.174 e. The van der Waals surface area contributed by atoms with Crippen LogP contribution in [0.3, 0.4) is 0 Å². The summed E-state index contributed by atoms with van der Waals surface area (Å²) >= 11 is 3.19. The first-order chi connectivity index (χ1) is 9.15. The van der Waals surface area contributed by atoms with Crippen LogP contribution in [0.5, 0.6) is 5.75 Å². The van der Waals surface area contributed by atoms with Crippen molar-refractivity contribution in [3.63, 3.8) is 0 Å². The molecule has 0 radical (unpaired) electrons. The molecule has 0 aliphatic rings. The molecule has 0 atom stereocenters. The highest BCUT2D eigenvalue weighted by Crippen LogP contribution is 2.25. The molecule has 4 heteroatoms. The van der Waals surface area contributed by atoms with Crippen molar-refractivity contribution in [1.82, 2.24) is 0 Å². The van der Waals surface area contributed by atoms with Crippen LogP contribution in [-0.2, 0) is 11.2 Å². The number of rotatable bonds is 5. The number of hydrogen-bond donors (Lipinski definition) is 0. The number of carbonyl (C=O) groups is 1. The molecular weight excluding hydrogens is 311 g/mol. The average molecular weight is 323 g/mol. The van der Waals surface area contributed by atoms with Crippen LogP contribution in [0.4, 0.5) is 4.39 Å². The topological polar surface area (TPSA) is 26.3 Å². The number of Topliss-reactive ketones (excluding diaryl/α,β-unsaturated/α-hetero) is 1. The summed E-state index contributed by atoms with van der Waals surface area (Å²) in [5.74, 6) is 0.0834. The molecule has 98 valence electrons. The first-order valence-electron chi connectivity index (χ1n) is 5.78. The number of hydrogen-bond acceptors (Lipinski definition) is 2. The van der Waals surface area contributed by atoms with Gasteiger partial charge in [-0.1, -0.05) is 30.3 Å². The minimum atomic E-state index is -0.352. The molecule has 0 amide bonds. The fourth-order valence-corrected chi connectivity index (χ4v) is 2.09. The van der Waals surface area contributed by atoms with E-state index in [-0.39, 0.29) is 18.2 Å². The number of benzene rings is 2. The molecule has 0 aliphatic heterocycles. The highest BCUT2D eigenvalue weighted by Gasteiger charge is 2.07. The first kappa shape index (κ1) is 13.7. The van der Waals surface area contributed by atoms with Crippen molar-refractivity contribution in [3.05, 3.63) is 64.4 Å². The Morgan fingerprint density at radius 3 is 2.58 bits per heavy atom. The van der Waals surface area contributed by atoms with Crippen molar-refractivity contribution < 1.29 is 13.9 Å². The van der Waals surface area contributed by atoms with Gasteiger partial charge in [0.15, 0.2) is 5.78 Å². The van der Waals surface area contributed by atoms with Crippen molar-refractivity contribution in [3.8, 4) is 5.75 Å². The van der Waals surface area contributed by atoms with E-state index in [0.29, 0.717) is 16.6 Å². The Hall–Kier alpha value is -1.68. The second kappa shape index (κ2) is 6.48. The van der Waals surface area contributed by atoms with Crippen LogP contribution in [0.15, 0.2) is 53.0 Å². The average Bonchev–Trinajstić information content (AvgIpc) is 2.39. The molecule has 2 rings (SSSR count). The Kier molecular flexibility index (Phi) is 4.68. The molecule has 2 aromatic carbocycles. The maximum Gasteiger partial charge on any atom is 0.174 e. The molecule has 0 aliphatic carbocycles. The summed E-state index contributed by atoms with van der Waals surface area (Å²) in [7, 11) is 0. The van der Waals surface area contributed by atoms with Crippen molar-refractivity contribution in [2.24, 2.45) is 0 Å². The molecule has 0 bridgehead atoms. The van der Waals surface area contributed by atoms with Gasteiger partial charge in [-0.25, -0.2) is 4.39 Å². The molecule has 2 aromatic rings. The third kappa shape index (κ3) is 4.17. The molecule has 0 heterocycles. The Morgan fingerprint density at radius 1 is 1.16 bits per heavy atom. The van der Waals surface area contributed by atoms with Crippen LogP contribution < -0.4 is 4.74 Å². The lowest BCUT2D eigenvalue weighted by atomic mass is 10.1. The predicted octanol–water partition coefficient (Wildman–Crippen LogP) is 3.78. The predicted molar refractivity (Wildman–Crippen MR) is 74.7 cm³/mol. The van der Waals surface area contributed by atoms with E-state index in [1.165, 1.54) is 18.2 Å². The Morgan fingerprint density at radius 2 is 1.89 bits per heavy atom. The fourth-order valence-electron chi connectivity index (χ4n) is 1.63. The molecular formula is C15H12BrFO2. The molecule has 0 saturated carbocycles. The van der Waals surface area contributed by atoms with Gasteiger partial charge in [0.05, 0.1) is 4.47 Å². The molecule has 0 fully saturated rings. The van der Waals surface area contributed by atoms with E-state index >= 15 is 0 Å². The number of halogens is 2. The van der Waals surface area contributed by atoms with Gasteiger partial charge in [-0.15, -0.1) is 0 Å². The minimum absolute atomic E-state index is 0.0255. The minimum Gasteiger partial charge on any atom is -0.485 e. The monoisotopic (exact) mass is 322 g/mol. The summed E-state index contributed by atoms with van der Waals surface area (Å²) in [6, 6.07) is 13.6. The zero-order valence-corrected chi connectivity index (χ0v) is 11.7. The summed E-state index contributed by atoms with van der Waals surface area (Å²) in [4.78, 5) is 11.7. The molecule has 0 spiro atoms. The van der Waals surface area contributed by atoms with Gasteiger partial charge in [-0.05, 0) is 39.7 Å². The van der Waals surface area contributed by atoms with E-state index in [2.05, 4.69) is 15.9 Å². The normalized spacial score (nSPS) is 10.2. The second-order valence-electron chi connectivity index (χ2n) is 4.06. The number of ether oxygens (including phenoxy) is 1. The lowest BCUT2D eigenvalue weighted by Crippen LogP contribution is -2.14. The largest absolute Gasteiger partial charge is 0.485 e. The van der Waals surface area contributed by atoms with Crippen LogP contribution in [0.25, 0.3) is 0 Å². The lowest BCUT2D eigenvalue weighted by Gasteiger charge is -2.07. The van der Waals surface area contributed by atoms with Gasteiger partial charge in [-0.3, -0.25) is 4.79 Å². The van der Waals surface area contributed by atoms with Gasteiger partial charge in [0.2, 0.25) is 0 Å². The molecule has 0 N–H and O–H groups in total. The highest BCUT2D eigenvalue weighted by atomic mass is 79.9. The van der Waals surface area contributed by atoms with Crippen molar-refractivity contribution >= 4 is 21.7 Å². The van der Waals surface area contributed by atoms with E-state index in [9.17, 15) is 9.18 Å². The van der Waals surface area contributed by atoms with Crippen LogP contribution in [-0.4, -0.2) is 12.4 Å². The highest BCUT2D eigenvalue weighted by molar-refractivity contribution is 9.10. The SMILES string of the molecule is O=C(COc1ccc(F)cc1Br)Cc1ccccc1. The van der Waals surface area contributed by atoms with Gasteiger partial charge in [-0.2, -0.15) is 0 Å². The summed E-state index contributed by atoms with van der Waals surface area (Å²) in [5, 5.41) is 0. The summed E-state index contributed by atoms with van der Waals surface area (Å²) in [6.07, 6.45) is 0.333. The molecule has 0 saturated heterocycles. The van der Waals surface area contributed by atoms with E-state index in [1.54, 1.807) is 0 Å². The van der Waals surface area contributed by atoms with Crippen molar-refractivity contribution in [2.75, 3.05) is 6.61 Å². The van der Waals surface area contributed by atoms with Gasteiger partial charge in [0.1, 0.15) is 18.2 Å². The quantitative estimate of drug-likeness (QED) is 0.837. The summed E-state index contributed by atoms with van der Waals surface area (Å²) in [6.45, 7) is -0.0286. The number of ketones is 1. The summed E-state index contributed by atoms with van der Waals surface area (Å²) in [5.41, 5.74) is 0.953. The third-order valence-corrected chi connectivity index (χ3v) is 3.15. The Balaban J connectivity index is 1.90. The van der Waals surface area contributed by atoms with E-state index < -0.39 is 0 Å². The molecule has 19 heavy (non-hydrogen) atoms. The van der Waals surface area contributed by atoms with Crippen LogP contribution in [0.1, 0.15) is 5.56 Å². The van der Waals surface area contributed by atoms with Crippen molar-refractivity contribution in [2.45, 2.75) is 6.42 Å².